The highest BCUT2D eigenvalue weighted by Gasteiger charge is 2.38. The van der Waals surface area contributed by atoms with Gasteiger partial charge in [0.1, 0.15) is 11.6 Å². The zero-order chi connectivity index (χ0) is 57.8. The lowest BCUT2D eigenvalue weighted by atomic mass is 9.91. The number of halogens is 6. The summed E-state index contributed by atoms with van der Waals surface area (Å²) in [7, 11) is 4.26. The second-order valence-electron chi connectivity index (χ2n) is 22.1. The molecule has 2 atom stereocenters. The van der Waals surface area contributed by atoms with Crippen molar-refractivity contribution in [1.29, 1.82) is 0 Å². The zero-order valence-corrected chi connectivity index (χ0v) is 46.8. The molecule has 2 aromatic heterocycles. The van der Waals surface area contributed by atoms with Crippen LogP contribution in [0.1, 0.15) is 73.4 Å². The summed E-state index contributed by atoms with van der Waals surface area (Å²) in [4.78, 5) is 56.4. The zero-order valence-electron chi connectivity index (χ0n) is 46.8. The van der Waals surface area contributed by atoms with Crippen LogP contribution in [0.15, 0.2) is 66.7 Å². The number of amides is 4. The van der Waals surface area contributed by atoms with E-state index >= 15 is 0 Å². The Morgan fingerprint density at radius 3 is 1.56 bits per heavy atom. The van der Waals surface area contributed by atoms with Crippen molar-refractivity contribution in [2.75, 3.05) is 139 Å². The molecule has 5 saturated heterocycles. The van der Waals surface area contributed by atoms with E-state index in [1.165, 1.54) is 15.4 Å². The van der Waals surface area contributed by atoms with Crippen molar-refractivity contribution in [3.8, 4) is 22.3 Å². The van der Waals surface area contributed by atoms with E-state index in [1.807, 2.05) is 50.2 Å². The second-order valence-corrected chi connectivity index (χ2v) is 22.1. The third kappa shape index (κ3) is 17.3. The molecule has 16 nitrogen and oxygen atoms in total. The van der Waals surface area contributed by atoms with Gasteiger partial charge in [-0.25, -0.2) is 19.6 Å². The van der Waals surface area contributed by atoms with Crippen LogP contribution in [0.25, 0.3) is 27.8 Å². The van der Waals surface area contributed by atoms with Crippen molar-refractivity contribution >= 4 is 47.1 Å². The smallest absolute Gasteiger partial charge is 0.389 e. The number of urea groups is 2. The number of nitrogens with one attached hydrogen (secondary N) is 2. The maximum absolute atomic E-state index is 12.9. The summed E-state index contributed by atoms with van der Waals surface area (Å²) in [5, 5.41) is 12.7. The van der Waals surface area contributed by atoms with E-state index in [4.69, 9.17) is 29.3 Å². The van der Waals surface area contributed by atoms with Gasteiger partial charge >= 0.3 is 24.4 Å². The molecule has 6 aliphatic rings. The molecule has 6 aliphatic heterocycles. The summed E-state index contributed by atoms with van der Waals surface area (Å²) in [5.74, 6) is 1.16. The number of carbonyl (C=O) groups excluding carboxylic acids is 2. The number of likely N-dealkylation sites (N-methyl/N-ethyl adjacent to an activating group) is 1. The number of carbonyl (C=O) groups is 3. The summed E-state index contributed by atoms with van der Waals surface area (Å²) >= 11 is 0. The Hall–Kier alpha value is -6.49. The number of hydrogen-bond donors (Lipinski definition) is 3. The number of piperidine rings is 1. The summed E-state index contributed by atoms with van der Waals surface area (Å²) < 4.78 is 87.9. The largest absolute Gasteiger partial charge is 0.483 e. The van der Waals surface area contributed by atoms with E-state index in [1.54, 1.807) is 0 Å². The van der Waals surface area contributed by atoms with Crippen LogP contribution in [0, 0.1) is 25.7 Å². The number of ether oxygens (including phenoxy) is 2. The molecule has 2 aromatic carbocycles. The molecular formula is C59H76F6N10O6. The molecule has 0 unspecified atom stereocenters. The minimum absolute atomic E-state index is 0.116. The highest BCUT2D eigenvalue weighted by Crippen LogP contribution is 2.38. The molecule has 0 radical (unpaired) electrons. The molecule has 0 bridgehead atoms. The Bertz CT molecular complexity index is 2820. The molecule has 440 valence electrons. The SMILES string of the molecule is Cc1ccc(NC(=O)N2CC[C@@H](CC(F)(F)F)C2)cc1-c1cc(C2=CCN(C)CC2)nc(N2CCOCC2)c1.Cc1ccc(NC(=O)N2CC[C@@H](CC(F)(F)F)C2)cc1-c1cc(C2CCN(C)CC2)nc(N2CCOCC2)c1.O=CO. The van der Waals surface area contributed by atoms with E-state index in [0.29, 0.717) is 69.7 Å². The fraction of sp³-hybridized carbons (Fsp3) is 0.542. The van der Waals surface area contributed by atoms with Gasteiger partial charge in [-0.05, 0) is 172 Å². The monoisotopic (exact) mass is 1130 g/mol. The van der Waals surface area contributed by atoms with Gasteiger partial charge in [-0.3, -0.25) is 4.79 Å². The van der Waals surface area contributed by atoms with E-state index in [2.05, 4.69) is 74.7 Å². The number of aromatic nitrogens is 2. The number of carboxylic acid groups (broad SMARTS) is 1. The topological polar surface area (TPSA) is 159 Å². The van der Waals surface area contributed by atoms with Crippen LogP contribution in [-0.2, 0) is 14.3 Å². The molecule has 0 spiro atoms. The molecule has 22 heteroatoms. The first kappa shape index (κ1) is 60.6. The third-order valence-corrected chi connectivity index (χ3v) is 16.0. The molecule has 0 aliphatic carbocycles. The van der Waals surface area contributed by atoms with Crippen LogP contribution < -0.4 is 20.4 Å². The lowest BCUT2D eigenvalue weighted by molar-refractivity contribution is -0.144. The van der Waals surface area contributed by atoms with Crippen molar-refractivity contribution < 1.29 is 55.3 Å². The molecule has 8 heterocycles. The fourth-order valence-electron chi connectivity index (χ4n) is 11.4. The minimum atomic E-state index is -4.21. The Morgan fingerprint density at radius 1 is 0.630 bits per heavy atom. The molecular weight excluding hydrogens is 1060 g/mol. The Labute approximate surface area is 470 Å². The average molecular weight is 1140 g/mol. The number of pyridine rings is 2. The van der Waals surface area contributed by atoms with Crippen LogP contribution in [-0.4, -0.2) is 185 Å². The number of morpholine rings is 2. The second kappa shape index (κ2) is 27.5. The highest BCUT2D eigenvalue weighted by atomic mass is 19.4. The van der Waals surface area contributed by atoms with Crippen LogP contribution >= 0.6 is 0 Å². The average Bonchev–Trinajstić information content (AvgIpc) is 4.13. The summed E-state index contributed by atoms with van der Waals surface area (Å²) in [6.07, 6.45) is -4.09. The molecule has 3 N–H and O–H groups in total. The number of anilines is 4. The summed E-state index contributed by atoms with van der Waals surface area (Å²) in [6.45, 7) is 14.5. The molecule has 5 fully saturated rings. The quantitative estimate of drug-likeness (QED) is 0.102. The standard InChI is InChI=1S/C29H38F3N5O2.C29H36F3N5O2.CH2O2/c2*1-20-3-4-24(33-28(38)37-10-5-21(19-37)18-29(30,31)32)17-25(20)23-15-26(22-6-8-35(2)9-7-22)34-27(16-23)36-11-13-39-14-12-36;2-1-3/h3-4,15-17,21-22H,5-14,18-19H2,1-2H3,(H,33,38);3-4,6,15-17,21H,5,7-14,18-19H2,1-2H3,(H,33,38);1H,(H,2,3)/t2*21-;/m00./s1. The van der Waals surface area contributed by atoms with E-state index in [0.717, 1.165) is 128 Å². The first-order valence-electron chi connectivity index (χ1n) is 28.0. The predicted molar refractivity (Wildman–Crippen MR) is 302 cm³/mol. The number of alkyl halides is 6. The van der Waals surface area contributed by atoms with E-state index < -0.39 is 37.0 Å². The first-order valence-corrected chi connectivity index (χ1v) is 28.0. The molecule has 10 rings (SSSR count). The Balaban J connectivity index is 0.000000203. The number of likely N-dealkylation sites (tertiary alicyclic amines) is 3. The maximum Gasteiger partial charge on any atom is 0.389 e. The van der Waals surface area contributed by atoms with Crippen LogP contribution in [0.3, 0.4) is 0 Å². The van der Waals surface area contributed by atoms with Crippen molar-refractivity contribution in [1.82, 2.24) is 29.6 Å². The molecule has 0 saturated carbocycles. The number of nitrogens with zero attached hydrogens (tertiary/aromatic N) is 8. The van der Waals surface area contributed by atoms with Gasteiger partial charge in [-0.2, -0.15) is 26.3 Å². The van der Waals surface area contributed by atoms with Gasteiger partial charge in [0.15, 0.2) is 0 Å². The van der Waals surface area contributed by atoms with Crippen LogP contribution in [0.4, 0.5) is 58.9 Å². The van der Waals surface area contributed by atoms with Crippen molar-refractivity contribution in [3.05, 3.63) is 89.3 Å². The minimum Gasteiger partial charge on any atom is -0.483 e. The van der Waals surface area contributed by atoms with Gasteiger partial charge in [0.05, 0.1) is 32.1 Å². The van der Waals surface area contributed by atoms with Crippen LogP contribution in [0.5, 0.6) is 0 Å². The number of hydrogen-bond acceptors (Lipinski definition) is 11. The van der Waals surface area contributed by atoms with Crippen molar-refractivity contribution in [2.24, 2.45) is 11.8 Å². The number of aryl methyl sites for hydroxylation is 2. The van der Waals surface area contributed by atoms with Gasteiger partial charge in [0.2, 0.25) is 0 Å². The first-order chi connectivity index (χ1) is 38.7. The lowest BCUT2D eigenvalue weighted by Gasteiger charge is -2.31. The van der Waals surface area contributed by atoms with Crippen molar-refractivity contribution in [2.45, 2.75) is 77.1 Å². The van der Waals surface area contributed by atoms with E-state index in [-0.39, 0.29) is 31.6 Å². The van der Waals surface area contributed by atoms with Gasteiger partial charge in [-0.1, -0.05) is 18.2 Å². The van der Waals surface area contributed by atoms with Gasteiger partial charge in [0.25, 0.3) is 6.47 Å². The summed E-state index contributed by atoms with van der Waals surface area (Å²) in [5.41, 5.74) is 10.7. The van der Waals surface area contributed by atoms with Gasteiger partial charge in [-0.15, -0.1) is 0 Å². The van der Waals surface area contributed by atoms with Gasteiger partial charge in [0, 0.05) is 101 Å². The Kier molecular flexibility index (Phi) is 20.6. The summed E-state index contributed by atoms with van der Waals surface area (Å²) in [6, 6.07) is 19.4. The van der Waals surface area contributed by atoms with Crippen molar-refractivity contribution in [3.63, 3.8) is 0 Å². The molecule has 81 heavy (non-hydrogen) atoms. The third-order valence-electron chi connectivity index (χ3n) is 16.0. The fourth-order valence-corrected chi connectivity index (χ4v) is 11.4. The number of rotatable bonds is 10. The highest BCUT2D eigenvalue weighted by molar-refractivity contribution is 5.92. The normalized spacial score (nSPS) is 20.4. The number of benzene rings is 2. The van der Waals surface area contributed by atoms with Gasteiger partial charge < -0.3 is 54.6 Å². The van der Waals surface area contributed by atoms with Crippen LogP contribution in [0.2, 0.25) is 0 Å². The molecule has 4 amide bonds. The van der Waals surface area contributed by atoms with E-state index in [9.17, 15) is 35.9 Å². The molecule has 4 aromatic rings. The Morgan fingerprint density at radius 2 is 1.10 bits per heavy atom. The maximum atomic E-state index is 12.9. The predicted octanol–water partition coefficient (Wildman–Crippen LogP) is 10.6. The lowest BCUT2D eigenvalue weighted by Crippen LogP contribution is -2.37.